The van der Waals surface area contributed by atoms with Gasteiger partial charge < -0.3 is 15.3 Å². The summed E-state index contributed by atoms with van der Waals surface area (Å²) in [4.78, 5) is 15.2. The maximum Gasteiger partial charge on any atom is 0.257 e. The molecule has 1 saturated heterocycles. The van der Waals surface area contributed by atoms with Crippen LogP contribution in [0.15, 0.2) is 6.20 Å². The molecule has 6 nitrogen and oxygen atoms in total. The molecule has 4 aliphatic carbocycles. The van der Waals surface area contributed by atoms with Gasteiger partial charge in [-0.2, -0.15) is 5.10 Å². The Morgan fingerprint density at radius 3 is 2.44 bits per heavy atom. The van der Waals surface area contributed by atoms with E-state index in [9.17, 15) is 9.90 Å². The Kier molecular flexibility index (Phi) is 3.43. The Bertz CT molecular complexity index is 662. The number of aromatic nitrogens is 2. The monoisotopic (exact) mass is 344 g/mol. The highest BCUT2D eigenvalue weighted by atomic mass is 16.3. The van der Waals surface area contributed by atoms with Crippen molar-refractivity contribution in [2.75, 3.05) is 18.0 Å². The van der Waals surface area contributed by atoms with Crippen LogP contribution in [0.5, 0.6) is 0 Å². The summed E-state index contributed by atoms with van der Waals surface area (Å²) in [6, 6.07) is 0. The van der Waals surface area contributed by atoms with Crippen LogP contribution >= 0.6 is 0 Å². The summed E-state index contributed by atoms with van der Waals surface area (Å²) >= 11 is 0. The number of aliphatic hydroxyl groups excluding tert-OH is 1. The van der Waals surface area contributed by atoms with Crippen LogP contribution in [0.1, 0.15) is 55.3 Å². The summed E-state index contributed by atoms with van der Waals surface area (Å²) in [6.07, 6.45) is 9.72. The van der Waals surface area contributed by atoms with Gasteiger partial charge in [-0.15, -0.1) is 0 Å². The van der Waals surface area contributed by atoms with Crippen molar-refractivity contribution >= 4 is 11.7 Å². The zero-order chi connectivity index (χ0) is 17.2. The largest absolute Gasteiger partial charge is 0.391 e. The second-order valence-corrected chi connectivity index (χ2v) is 9.05. The Morgan fingerprint density at radius 1 is 1.24 bits per heavy atom. The van der Waals surface area contributed by atoms with Crippen molar-refractivity contribution in [2.45, 2.75) is 56.6 Å². The standard InChI is InChI=1S/C19H28N4O2/c1-22-18(23-3-2-15(24)11-23)16(10-20-22)17(25)21-19-7-12-4-13(8-19)6-14(5-12)9-19/h10,12-15,24H,2-9,11H2,1H3,(H,21,25). The molecule has 1 unspecified atom stereocenters. The summed E-state index contributed by atoms with van der Waals surface area (Å²) in [5, 5.41) is 17.6. The van der Waals surface area contributed by atoms with E-state index in [1.165, 1.54) is 19.3 Å². The van der Waals surface area contributed by atoms with Crippen molar-refractivity contribution in [3.8, 4) is 0 Å². The molecule has 1 aromatic rings. The third kappa shape index (κ3) is 2.57. The first-order valence-electron chi connectivity index (χ1n) is 9.79. The van der Waals surface area contributed by atoms with Gasteiger partial charge in [-0.05, 0) is 62.7 Å². The Balaban J connectivity index is 1.39. The van der Waals surface area contributed by atoms with Crippen LogP contribution in [0.25, 0.3) is 0 Å². The molecule has 1 aromatic heterocycles. The number of aryl methyl sites for hydroxylation is 1. The van der Waals surface area contributed by atoms with Gasteiger partial charge in [0.1, 0.15) is 11.4 Å². The van der Waals surface area contributed by atoms with Crippen LogP contribution in [0, 0.1) is 17.8 Å². The number of amides is 1. The van der Waals surface area contributed by atoms with E-state index in [-0.39, 0.29) is 17.6 Å². The quantitative estimate of drug-likeness (QED) is 0.875. The molecule has 0 radical (unpaired) electrons. The lowest BCUT2D eigenvalue weighted by molar-refractivity contribution is -0.0166. The summed E-state index contributed by atoms with van der Waals surface area (Å²) in [7, 11) is 1.88. The number of β-amino-alcohol motifs (C(OH)–C–C–N with tert-alkyl or cyclic N) is 1. The predicted molar refractivity (Wildman–Crippen MR) is 94.4 cm³/mol. The molecular formula is C19H28N4O2. The molecule has 6 rings (SSSR count). The maximum atomic E-state index is 13.1. The van der Waals surface area contributed by atoms with Gasteiger partial charge in [0.2, 0.25) is 0 Å². The molecule has 5 aliphatic rings. The molecule has 6 heteroatoms. The summed E-state index contributed by atoms with van der Waals surface area (Å²) < 4.78 is 1.77. The van der Waals surface area contributed by atoms with Gasteiger partial charge in [-0.3, -0.25) is 9.48 Å². The zero-order valence-corrected chi connectivity index (χ0v) is 14.9. The molecule has 1 aliphatic heterocycles. The van der Waals surface area contributed by atoms with E-state index in [2.05, 4.69) is 15.3 Å². The SMILES string of the molecule is Cn1ncc(C(=O)NC23CC4CC(CC(C4)C2)C3)c1N1CCC(O)C1. The van der Waals surface area contributed by atoms with Gasteiger partial charge in [0.25, 0.3) is 5.91 Å². The van der Waals surface area contributed by atoms with Crippen molar-refractivity contribution in [2.24, 2.45) is 24.8 Å². The van der Waals surface area contributed by atoms with Crippen LogP contribution in [-0.2, 0) is 7.05 Å². The highest BCUT2D eigenvalue weighted by Gasteiger charge is 2.51. The summed E-state index contributed by atoms with van der Waals surface area (Å²) in [5.74, 6) is 3.31. The molecule has 1 atom stereocenters. The Labute approximate surface area is 148 Å². The van der Waals surface area contributed by atoms with Crippen molar-refractivity contribution in [1.82, 2.24) is 15.1 Å². The second-order valence-electron chi connectivity index (χ2n) is 9.05. The van der Waals surface area contributed by atoms with Gasteiger partial charge in [0.15, 0.2) is 0 Å². The van der Waals surface area contributed by atoms with E-state index in [1.807, 2.05) is 7.05 Å². The fourth-order valence-electron chi connectivity index (χ4n) is 6.47. The van der Waals surface area contributed by atoms with Crippen molar-refractivity contribution in [1.29, 1.82) is 0 Å². The first-order valence-corrected chi connectivity index (χ1v) is 9.79. The van der Waals surface area contributed by atoms with Gasteiger partial charge in [0.05, 0.1) is 12.3 Å². The number of nitrogens with zero attached hydrogens (tertiary/aromatic N) is 3. The number of hydrogen-bond donors (Lipinski definition) is 2. The third-order valence-electron chi connectivity index (χ3n) is 7.03. The number of hydrogen-bond acceptors (Lipinski definition) is 4. The second kappa shape index (κ2) is 5.47. The summed E-state index contributed by atoms with van der Waals surface area (Å²) in [6.45, 7) is 1.36. The molecule has 136 valence electrons. The van der Waals surface area contributed by atoms with Crippen molar-refractivity contribution in [3.05, 3.63) is 11.8 Å². The molecular weight excluding hydrogens is 316 g/mol. The number of carbonyl (C=O) groups excluding carboxylic acids is 1. The Morgan fingerprint density at radius 2 is 1.88 bits per heavy atom. The Hall–Kier alpha value is -1.56. The highest BCUT2D eigenvalue weighted by Crippen LogP contribution is 2.55. The van der Waals surface area contributed by atoms with E-state index in [1.54, 1.807) is 10.9 Å². The maximum absolute atomic E-state index is 13.1. The minimum Gasteiger partial charge on any atom is -0.391 e. The van der Waals surface area contributed by atoms with E-state index in [0.29, 0.717) is 12.1 Å². The van der Waals surface area contributed by atoms with Crippen LogP contribution in [0.2, 0.25) is 0 Å². The minimum absolute atomic E-state index is 0.0173. The number of rotatable bonds is 3. The highest BCUT2D eigenvalue weighted by molar-refractivity contribution is 5.99. The topological polar surface area (TPSA) is 70.4 Å². The number of carbonyl (C=O) groups is 1. The first-order chi connectivity index (χ1) is 12.0. The van der Waals surface area contributed by atoms with E-state index >= 15 is 0 Å². The lowest BCUT2D eigenvalue weighted by Crippen LogP contribution is -2.59. The fraction of sp³-hybridized carbons (Fsp3) is 0.789. The molecule has 2 N–H and O–H groups in total. The molecule has 25 heavy (non-hydrogen) atoms. The number of anilines is 1. The number of nitrogens with one attached hydrogen (secondary N) is 1. The van der Waals surface area contributed by atoms with E-state index in [4.69, 9.17) is 0 Å². The predicted octanol–water partition coefficient (Wildman–Crippen LogP) is 1.69. The van der Waals surface area contributed by atoms with Gasteiger partial charge >= 0.3 is 0 Å². The molecule has 5 fully saturated rings. The van der Waals surface area contributed by atoms with Crippen LogP contribution in [0.4, 0.5) is 5.82 Å². The van der Waals surface area contributed by atoms with E-state index in [0.717, 1.165) is 55.8 Å². The molecule has 2 heterocycles. The molecule has 4 bridgehead atoms. The minimum atomic E-state index is -0.311. The molecule has 0 aromatic carbocycles. The van der Waals surface area contributed by atoms with E-state index < -0.39 is 0 Å². The fourth-order valence-corrected chi connectivity index (χ4v) is 6.47. The average molecular weight is 344 g/mol. The molecule has 0 spiro atoms. The van der Waals surface area contributed by atoms with Crippen LogP contribution in [-0.4, -0.2) is 45.5 Å². The first kappa shape index (κ1) is 15.7. The molecule has 4 saturated carbocycles. The van der Waals surface area contributed by atoms with Crippen molar-refractivity contribution < 1.29 is 9.90 Å². The normalized spacial score (nSPS) is 39.2. The summed E-state index contributed by atoms with van der Waals surface area (Å²) in [5.41, 5.74) is 0.677. The lowest BCUT2D eigenvalue weighted by atomic mass is 9.53. The third-order valence-corrected chi connectivity index (χ3v) is 7.03. The van der Waals surface area contributed by atoms with Crippen LogP contribution < -0.4 is 10.2 Å². The van der Waals surface area contributed by atoms with Gasteiger partial charge in [-0.1, -0.05) is 0 Å². The van der Waals surface area contributed by atoms with Crippen molar-refractivity contribution in [3.63, 3.8) is 0 Å². The smallest absolute Gasteiger partial charge is 0.257 e. The van der Waals surface area contributed by atoms with Gasteiger partial charge in [0, 0.05) is 25.7 Å². The van der Waals surface area contributed by atoms with Crippen LogP contribution in [0.3, 0.4) is 0 Å². The number of aliphatic hydroxyl groups is 1. The zero-order valence-electron chi connectivity index (χ0n) is 14.9. The lowest BCUT2D eigenvalue weighted by Gasteiger charge is -2.56. The average Bonchev–Trinajstić information content (AvgIpc) is 3.11. The molecule has 1 amide bonds. The van der Waals surface area contributed by atoms with Gasteiger partial charge in [-0.25, -0.2) is 0 Å².